The Morgan fingerprint density at radius 2 is 1.90 bits per heavy atom. The van der Waals surface area contributed by atoms with E-state index in [1.54, 1.807) is 13.2 Å². The monoisotopic (exact) mass is 267 g/mol. The largest absolute Gasteiger partial charge is 0.496 e. The molecule has 0 bridgehead atoms. The molecule has 1 aliphatic carbocycles. The van der Waals surface area contributed by atoms with Crippen molar-refractivity contribution in [2.75, 3.05) is 7.11 Å². The van der Waals surface area contributed by atoms with E-state index < -0.39 is 0 Å². The molecule has 0 aromatic heterocycles. The van der Waals surface area contributed by atoms with Crippen LogP contribution in [0.3, 0.4) is 0 Å². The number of benzene rings is 2. The number of nitrogens with two attached hydrogens (primary N) is 1. The average Bonchev–Trinajstić information content (AvgIpc) is 2.90. The first kappa shape index (κ1) is 12.7. The summed E-state index contributed by atoms with van der Waals surface area (Å²) in [6.07, 6.45) is 1.96. The molecule has 0 aliphatic heterocycles. The molecular formula is C17H17NO2. The SMILES string of the molecule is COc1cccc2c1CC[C@H]2c1ccccc1C(N)=O. The molecule has 2 aromatic carbocycles. The summed E-state index contributed by atoms with van der Waals surface area (Å²) in [4.78, 5) is 11.6. The van der Waals surface area contributed by atoms with E-state index in [4.69, 9.17) is 10.5 Å². The Morgan fingerprint density at radius 3 is 2.65 bits per heavy atom. The van der Waals surface area contributed by atoms with Crippen molar-refractivity contribution in [1.29, 1.82) is 0 Å². The van der Waals surface area contributed by atoms with Crippen LogP contribution in [0.2, 0.25) is 0 Å². The zero-order chi connectivity index (χ0) is 14.1. The van der Waals surface area contributed by atoms with Gasteiger partial charge in [0.05, 0.1) is 7.11 Å². The summed E-state index contributed by atoms with van der Waals surface area (Å²) in [5, 5.41) is 0. The van der Waals surface area contributed by atoms with Crippen LogP contribution in [0.4, 0.5) is 0 Å². The molecule has 2 N–H and O–H groups in total. The minimum Gasteiger partial charge on any atom is -0.496 e. The zero-order valence-electron chi connectivity index (χ0n) is 11.4. The van der Waals surface area contributed by atoms with Gasteiger partial charge >= 0.3 is 0 Å². The van der Waals surface area contributed by atoms with E-state index >= 15 is 0 Å². The van der Waals surface area contributed by atoms with Gasteiger partial charge in [-0.15, -0.1) is 0 Å². The molecule has 0 fully saturated rings. The molecule has 2 aromatic rings. The number of carbonyl (C=O) groups excluding carboxylic acids is 1. The summed E-state index contributed by atoms with van der Waals surface area (Å²) < 4.78 is 5.43. The molecule has 1 atom stereocenters. The van der Waals surface area contributed by atoms with Crippen molar-refractivity contribution in [2.45, 2.75) is 18.8 Å². The fourth-order valence-electron chi connectivity index (χ4n) is 3.16. The first-order chi connectivity index (χ1) is 9.72. The lowest BCUT2D eigenvalue weighted by atomic mass is 9.89. The van der Waals surface area contributed by atoms with Gasteiger partial charge in [0.15, 0.2) is 0 Å². The maximum atomic E-state index is 11.6. The summed E-state index contributed by atoms with van der Waals surface area (Å²) in [5.74, 6) is 0.794. The van der Waals surface area contributed by atoms with Crippen molar-refractivity contribution in [2.24, 2.45) is 5.73 Å². The van der Waals surface area contributed by atoms with Crippen molar-refractivity contribution in [1.82, 2.24) is 0 Å². The van der Waals surface area contributed by atoms with Crippen LogP contribution in [0.5, 0.6) is 5.75 Å². The molecule has 20 heavy (non-hydrogen) atoms. The smallest absolute Gasteiger partial charge is 0.248 e. The van der Waals surface area contributed by atoms with Gasteiger partial charge in [-0.3, -0.25) is 4.79 Å². The number of fused-ring (bicyclic) bond motifs is 1. The van der Waals surface area contributed by atoms with E-state index in [0.717, 1.165) is 24.2 Å². The molecule has 102 valence electrons. The highest BCUT2D eigenvalue weighted by molar-refractivity contribution is 5.94. The molecule has 0 saturated heterocycles. The lowest BCUT2D eigenvalue weighted by Gasteiger charge is -2.15. The minimum absolute atomic E-state index is 0.226. The van der Waals surface area contributed by atoms with E-state index in [9.17, 15) is 4.79 Å². The zero-order valence-corrected chi connectivity index (χ0v) is 11.4. The van der Waals surface area contributed by atoms with Gasteiger partial charge in [0.2, 0.25) is 5.91 Å². The molecule has 0 spiro atoms. The van der Waals surface area contributed by atoms with Gasteiger partial charge in [-0.2, -0.15) is 0 Å². The van der Waals surface area contributed by atoms with Crippen molar-refractivity contribution in [3.63, 3.8) is 0 Å². The van der Waals surface area contributed by atoms with Gasteiger partial charge in [-0.05, 0) is 41.7 Å². The van der Waals surface area contributed by atoms with Gasteiger partial charge in [0.25, 0.3) is 0 Å². The topological polar surface area (TPSA) is 52.3 Å². The summed E-state index contributed by atoms with van der Waals surface area (Å²) in [5.41, 5.74) is 9.63. The molecule has 3 nitrogen and oxygen atoms in total. The third kappa shape index (κ3) is 1.95. The predicted octanol–water partition coefficient (Wildman–Crippen LogP) is 2.87. The Hall–Kier alpha value is -2.29. The van der Waals surface area contributed by atoms with Crippen LogP contribution in [-0.2, 0) is 6.42 Å². The second-order valence-electron chi connectivity index (χ2n) is 5.07. The standard InChI is InChI=1S/C17H17NO2/c1-20-16-8-4-7-11-13(9-10-14(11)16)12-5-2-3-6-15(12)17(18)19/h2-8,13H,9-10H2,1H3,(H2,18,19)/t13-/m1/s1. The second kappa shape index (κ2) is 5.00. The molecule has 0 heterocycles. The second-order valence-corrected chi connectivity index (χ2v) is 5.07. The summed E-state index contributed by atoms with van der Waals surface area (Å²) in [7, 11) is 1.69. The summed E-state index contributed by atoms with van der Waals surface area (Å²) in [6.45, 7) is 0. The van der Waals surface area contributed by atoms with Gasteiger partial charge in [0.1, 0.15) is 5.75 Å². The number of primary amides is 1. The highest BCUT2D eigenvalue weighted by Gasteiger charge is 2.28. The van der Waals surface area contributed by atoms with Crippen LogP contribution in [0.1, 0.15) is 39.4 Å². The Labute approximate surface area is 118 Å². The number of ether oxygens (including phenoxy) is 1. The molecule has 1 aliphatic rings. The number of amides is 1. The van der Waals surface area contributed by atoms with Crippen LogP contribution in [-0.4, -0.2) is 13.0 Å². The maximum absolute atomic E-state index is 11.6. The van der Waals surface area contributed by atoms with Crippen molar-refractivity contribution in [3.8, 4) is 5.75 Å². The lowest BCUT2D eigenvalue weighted by Crippen LogP contribution is -2.15. The number of carbonyl (C=O) groups is 1. The Morgan fingerprint density at radius 1 is 1.15 bits per heavy atom. The maximum Gasteiger partial charge on any atom is 0.248 e. The number of methoxy groups -OCH3 is 1. The fraction of sp³-hybridized carbons (Fsp3) is 0.235. The van der Waals surface area contributed by atoms with E-state index in [1.165, 1.54) is 11.1 Å². The third-order valence-corrected chi connectivity index (χ3v) is 4.05. The van der Waals surface area contributed by atoms with E-state index in [0.29, 0.717) is 5.56 Å². The van der Waals surface area contributed by atoms with Gasteiger partial charge < -0.3 is 10.5 Å². The quantitative estimate of drug-likeness (QED) is 0.929. The van der Waals surface area contributed by atoms with E-state index in [2.05, 4.69) is 6.07 Å². The molecule has 3 heteroatoms. The normalized spacial score (nSPS) is 16.8. The predicted molar refractivity (Wildman–Crippen MR) is 78.1 cm³/mol. The molecule has 0 saturated carbocycles. The number of hydrogen-bond acceptors (Lipinski definition) is 2. The first-order valence-corrected chi connectivity index (χ1v) is 6.77. The van der Waals surface area contributed by atoms with Crippen molar-refractivity contribution in [3.05, 3.63) is 64.7 Å². The highest BCUT2D eigenvalue weighted by Crippen LogP contribution is 2.42. The Balaban J connectivity index is 2.10. The van der Waals surface area contributed by atoms with Crippen LogP contribution in [0.25, 0.3) is 0 Å². The van der Waals surface area contributed by atoms with Crippen LogP contribution in [0.15, 0.2) is 42.5 Å². The third-order valence-electron chi connectivity index (χ3n) is 4.05. The van der Waals surface area contributed by atoms with Crippen LogP contribution < -0.4 is 10.5 Å². The van der Waals surface area contributed by atoms with Gasteiger partial charge in [-0.25, -0.2) is 0 Å². The Bertz CT molecular complexity index is 664. The van der Waals surface area contributed by atoms with Crippen molar-refractivity contribution < 1.29 is 9.53 Å². The lowest BCUT2D eigenvalue weighted by molar-refractivity contribution is 0.0999. The highest BCUT2D eigenvalue weighted by atomic mass is 16.5. The van der Waals surface area contributed by atoms with E-state index in [1.807, 2.05) is 30.3 Å². The van der Waals surface area contributed by atoms with Crippen molar-refractivity contribution >= 4 is 5.91 Å². The number of rotatable bonds is 3. The molecule has 1 amide bonds. The van der Waals surface area contributed by atoms with Crippen LogP contribution in [0, 0.1) is 0 Å². The molecular weight excluding hydrogens is 250 g/mol. The first-order valence-electron chi connectivity index (χ1n) is 6.77. The molecule has 0 unspecified atom stereocenters. The minimum atomic E-state index is -0.364. The number of hydrogen-bond donors (Lipinski definition) is 1. The fourth-order valence-corrected chi connectivity index (χ4v) is 3.16. The van der Waals surface area contributed by atoms with Crippen LogP contribution >= 0.6 is 0 Å². The van der Waals surface area contributed by atoms with Gasteiger partial charge in [0, 0.05) is 11.5 Å². The summed E-state index contributed by atoms with van der Waals surface area (Å²) >= 11 is 0. The molecule has 3 rings (SSSR count). The molecule has 0 radical (unpaired) electrons. The van der Waals surface area contributed by atoms with Gasteiger partial charge in [-0.1, -0.05) is 30.3 Å². The summed E-state index contributed by atoms with van der Waals surface area (Å²) in [6, 6.07) is 13.7. The average molecular weight is 267 g/mol. The van der Waals surface area contributed by atoms with E-state index in [-0.39, 0.29) is 11.8 Å². The Kier molecular flexibility index (Phi) is 3.18.